The Morgan fingerprint density at radius 1 is 1.11 bits per heavy atom. The Morgan fingerprint density at radius 2 is 1.78 bits per heavy atom. The molecule has 1 heterocycles. The van der Waals surface area contributed by atoms with Crippen LogP contribution < -0.4 is 14.8 Å². The molecule has 27 heavy (non-hydrogen) atoms. The summed E-state index contributed by atoms with van der Waals surface area (Å²) in [6.45, 7) is 2.63. The van der Waals surface area contributed by atoms with E-state index in [-0.39, 0.29) is 36.9 Å². The number of rotatable bonds is 9. The van der Waals surface area contributed by atoms with Crippen molar-refractivity contribution in [1.82, 2.24) is 10.2 Å². The molecular weight excluding hydrogens is 368 g/mol. The molecule has 1 amide bonds. The highest BCUT2D eigenvalue weighted by Gasteiger charge is 2.23. The van der Waals surface area contributed by atoms with Crippen molar-refractivity contribution in [3.8, 4) is 11.5 Å². The molecule has 0 aromatic heterocycles. The molecule has 1 aliphatic heterocycles. The van der Waals surface area contributed by atoms with Gasteiger partial charge in [0.25, 0.3) is 0 Å². The number of halogens is 1. The van der Waals surface area contributed by atoms with E-state index in [1.807, 2.05) is 11.9 Å². The predicted octanol–water partition coefficient (Wildman–Crippen LogP) is 2.94. The molecule has 1 aliphatic rings. The standard InChI is InChI=1S/C20H30N2O4.ClH/c1-21-11-8-15-9-12-22(13-10-15)20(24)7-5-17(23)16-4-6-18(25-2)19(14-16)26-3;/h4,6,14-15,21H,5,7-13H2,1-3H3;1H. The predicted molar refractivity (Wildman–Crippen MR) is 108 cm³/mol. The number of ether oxygens (including phenoxy) is 2. The molecule has 0 saturated carbocycles. The highest BCUT2D eigenvalue weighted by atomic mass is 35.5. The largest absolute Gasteiger partial charge is 0.493 e. The zero-order valence-electron chi connectivity index (χ0n) is 16.5. The molecule has 0 bridgehead atoms. The normalized spacial score (nSPS) is 14.4. The van der Waals surface area contributed by atoms with Crippen LogP contribution in [0.5, 0.6) is 11.5 Å². The van der Waals surface area contributed by atoms with Crippen LogP contribution in [-0.4, -0.2) is 57.5 Å². The van der Waals surface area contributed by atoms with E-state index in [4.69, 9.17) is 9.47 Å². The number of amides is 1. The number of Topliss-reactive ketones (excluding diaryl/α,β-unsaturated/α-hetero) is 1. The van der Waals surface area contributed by atoms with Crippen LogP contribution in [0.15, 0.2) is 18.2 Å². The maximum Gasteiger partial charge on any atom is 0.223 e. The first kappa shape index (κ1) is 23.2. The number of carbonyl (C=O) groups excluding carboxylic acids is 2. The number of ketones is 1. The van der Waals surface area contributed by atoms with E-state index in [1.165, 1.54) is 7.11 Å². The average molecular weight is 399 g/mol. The van der Waals surface area contributed by atoms with E-state index in [0.29, 0.717) is 23.0 Å². The van der Waals surface area contributed by atoms with Gasteiger partial charge in [-0.2, -0.15) is 0 Å². The minimum absolute atomic E-state index is 0. The van der Waals surface area contributed by atoms with Crippen LogP contribution in [-0.2, 0) is 4.79 Å². The van der Waals surface area contributed by atoms with Gasteiger partial charge in [0.05, 0.1) is 14.2 Å². The Labute approximate surface area is 168 Å². The molecule has 1 aromatic rings. The van der Waals surface area contributed by atoms with Crippen LogP contribution >= 0.6 is 12.4 Å². The molecule has 7 heteroatoms. The van der Waals surface area contributed by atoms with E-state index >= 15 is 0 Å². The topological polar surface area (TPSA) is 67.9 Å². The lowest BCUT2D eigenvalue weighted by atomic mass is 9.93. The van der Waals surface area contributed by atoms with Crippen molar-refractivity contribution >= 4 is 24.1 Å². The van der Waals surface area contributed by atoms with Crippen LogP contribution in [0.1, 0.15) is 42.5 Å². The summed E-state index contributed by atoms with van der Waals surface area (Å²) in [5.74, 6) is 1.82. The first-order chi connectivity index (χ1) is 12.6. The van der Waals surface area contributed by atoms with Crippen LogP contribution in [0.25, 0.3) is 0 Å². The lowest BCUT2D eigenvalue weighted by Gasteiger charge is -2.32. The van der Waals surface area contributed by atoms with Crippen molar-refractivity contribution in [2.24, 2.45) is 5.92 Å². The number of hydrogen-bond acceptors (Lipinski definition) is 5. The summed E-state index contributed by atoms with van der Waals surface area (Å²) in [5.41, 5.74) is 0.543. The molecule has 0 atom stereocenters. The maximum absolute atomic E-state index is 12.4. The zero-order chi connectivity index (χ0) is 18.9. The summed E-state index contributed by atoms with van der Waals surface area (Å²) in [7, 11) is 5.06. The average Bonchev–Trinajstić information content (AvgIpc) is 2.69. The van der Waals surface area contributed by atoms with E-state index in [2.05, 4.69) is 5.32 Å². The van der Waals surface area contributed by atoms with Gasteiger partial charge in [-0.05, 0) is 57.0 Å². The summed E-state index contributed by atoms with van der Waals surface area (Å²) in [4.78, 5) is 26.7. The van der Waals surface area contributed by atoms with Crippen LogP contribution in [0, 0.1) is 5.92 Å². The molecule has 0 spiro atoms. The second-order valence-electron chi connectivity index (χ2n) is 6.71. The summed E-state index contributed by atoms with van der Waals surface area (Å²) in [6, 6.07) is 5.09. The molecule has 1 aromatic carbocycles. The minimum Gasteiger partial charge on any atom is -0.493 e. The van der Waals surface area contributed by atoms with Crippen molar-refractivity contribution in [3.05, 3.63) is 23.8 Å². The fourth-order valence-corrected chi connectivity index (χ4v) is 3.35. The van der Waals surface area contributed by atoms with Gasteiger partial charge in [0.1, 0.15) is 0 Å². The Hall–Kier alpha value is -1.79. The fraction of sp³-hybridized carbons (Fsp3) is 0.600. The summed E-state index contributed by atoms with van der Waals surface area (Å²) >= 11 is 0. The summed E-state index contributed by atoms with van der Waals surface area (Å²) in [5, 5.41) is 3.18. The smallest absolute Gasteiger partial charge is 0.223 e. The molecule has 0 aliphatic carbocycles. The van der Waals surface area contributed by atoms with Crippen LogP contribution in [0.3, 0.4) is 0 Å². The van der Waals surface area contributed by atoms with Gasteiger partial charge in [-0.3, -0.25) is 9.59 Å². The quantitative estimate of drug-likeness (QED) is 0.648. The second kappa shape index (κ2) is 11.8. The van der Waals surface area contributed by atoms with Crippen molar-refractivity contribution < 1.29 is 19.1 Å². The van der Waals surface area contributed by atoms with Crippen LogP contribution in [0.2, 0.25) is 0 Å². The SMILES string of the molecule is CNCCC1CCN(C(=O)CCC(=O)c2ccc(OC)c(OC)c2)CC1.Cl. The molecule has 0 radical (unpaired) electrons. The highest BCUT2D eigenvalue weighted by Crippen LogP contribution is 2.28. The molecule has 1 saturated heterocycles. The second-order valence-corrected chi connectivity index (χ2v) is 6.71. The van der Waals surface area contributed by atoms with Gasteiger partial charge in [0, 0.05) is 31.5 Å². The van der Waals surface area contributed by atoms with Gasteiger partial charge in [0.15, 0.2) is 17.3 Å². The Morgan fingerprint density at radius 3 is 2.37 bits per heavy atom. The third kappa shape index (κ3) is 6.70. The molecule has 152 valence electrons. The number of nitrogens with one attached hydrogen (secondary N) is 1. The number of likely N-dealkylation sites (tertiary alicyclic amines) is 1. The van der Waals surface area contributed by atoms with Gasteiger partial charge < -0.3 is 19.7 Å². The third-order valence-corrected chi connectivity index (χ3v) is 5.04. The van der Waals surface area contributed by atoms with Gasteiger partial charge in [-0.25, -0.2) is 0 Å². The van der Waals surface area contributed by atoms with E-state index < -0.39 is 0 Å². The Kier molecular flexibility index (Phi) is 10.2. The number of benzene rings is 1. The van der Waals surface area contributed by atoms with Crippen LogP contribution in [0.4, 0.5) is 0 Å². The Bertz CT molecular complexity index is 616. The first-order valence-corrected chi connectivity index (χ1v) is 9.26. The van der Waals surface area contributed by atoms with Crippen molar-refractivity contribution in [1.29, 1.82) is 0 Å². The molecule has 6 nitrogen and oxygen atoms in total. The zero-order valence-corrected chi connectivity index (χ0v) is 17.3. The fourth-order valence-electron chi connectivity index (χ4n) is 3.35. The molecule has 2 rings (SSSR count). The van der Waals surface area contributed by atoms with Crippen molar-refractivity contribution in [3.63, 3.8) is 0 Å². The number of hydrogen-bond donors (Lipinski definition) is 1. The van der Waals surface area contributed by atoms with Gasteiger partial charge in [-0.15, -0.1) is 12.4 Å². The Balaban J connectivity index is 0.00000364. The minimum atomic E-state index is -0.0526. The molecule has 1 N–H and O–H groups in total. The van der Waals surface area contributed by atoms with E-state index in [1.54, 1.807) is 25.3 Å². The number of methoxy groups -OCH3 is 2. The number of nitrogens with zero attached hydrogens (tertiary/aromatic N) is 1. The summed E-state index contributed by atoms with van der Waals surface area (Å²) in [6.07, 6.45) is 3.74. The van der Waals surface area contributed by atoms with Gasteiger partial charge in [0.2, 0.25) is 5.91 Å². The number of carbonyl (C=O) groups is 2. The monoisotopic (exact) mass is 398 g/mol. The van der Waals surface area contributed by atoms with Crippen molar-refractivity contribution in [2.45, 2.75) is 32.1 Å². The number of piperidine rings is 1. The van der Waals surface area contributed by atoms with Gasteiger partial charge in [-0.1, -0.05) is 0 Å². The molecule has 0 unspecified atom stereocenters. The lowest BCUT2D eigenvalue weighted by molar-refractivity contribution is -0.132. The van der Waals surface area contributed by atoms with E-state index in [9.17, 15) is 9.59 Å². The summed E-state index contributed by atoms with van der Waals surface area (Å²) < 4.78 is 10.4. The highest BCUT2D eigenvalue weighted by molar-refractivity contribution is 5.98. The third-order valence-electron chi connectivity index (χ3n) is 5.04. The lowest BCUT2D eigenvalue weighted by Crippen LogP contribution is -2.39. The maximum atomic E-state index is 12.4. The first-order valence-electron chi connectivity index (χ1n) is 9.26. The van der Waals surface area contributed by atoms with E-state index in [0.717, 1.165) is 38.9 Å². The molecule has 1 fully saturated rings. The molecular formula is C20H31ClN2O4. The van der Waals surface area contributed by atoms with Gasteiger partial charge >= 0.3 is 0 Å². The van der Waals surface area contributed by atoms with Crippen molar-refractivity contribution in [2.75, 3.05) is 40.9 Å².